The van der Waals surface area contributed by atoms with Gasteiger partial charge in [0.2, 0.25) is 5.91 Å². The second-order valence-electron chi connectivity index (χ2n) is 12.0. The van der Waals surface area contributed by atoms with Crippen LogP contribution in [0.2, 0.25) is 0 Å². The minimum Gasteiger partial charge on any atom is -0.444 e. The average molecular weight is 561 g/mol. The lowest BCUT2D eigenvalue weighted by molar-refractivity contribution is -0.127. The van der Waals surface area contributed by atoms with Crippen LogP contribution in [-0.4, -0.2) is 42.1 Å². The Balaban J connectivity index is 1.41. The highest BCUT2D eigenvalue weighted by atomic mass is 16.6. The molecule has 1 heterocycles. The zero-order chi connectivity index (χ0) is 29.5. The van der Waals surface area contributed by atoms with E-state index in [0.717, 1.165) is 27.8 Å². The number of piperidine rings is 1. The van der Waals surface area contributed by atoms with Gasteiger partial charge in [-0.3, -0.25) is 4.79 Å². The van der Waals surface area contributed by atoms with Gasteiger partial charge in [-0.15, -0.1) is 0 Å². The number of carbonyl (C=O) groups excluding carboxylic acids is 2. The van der Waals surface area contributed by atoms with Gasteiger partial charge in [0.05, 0.1) is 5.92 Å². The number of ether oxygens (including phenoxy) is 1. The molecule has 1 saturated heterocycles. The molecule has 2 atom stereocenters. The number of hydrogen-bond donors (Lipinski definition) is 1. The number of rotatable bonds is 7. The number of nitrogens with zero attached hydrogens (tertiary/aromatic N) is 1. The van der Waals surface area contributed by atoms with Crippen LogP contribution in [-0.2, 0) is 9.53 Å². The third kappa shape index (κ3) is 7.27. The van der Waals surface area contributed by atoms with Crippen molar-refractivity contribution in [3.63, 3.8) is 0 Å². The Kier molecular flexibility index (Phi) is 9.06. The molecule has 0 spiro atoms. The lowest BCUT2D eigenvalue weighted by Crippen LogP contribution is -2.50. The lowest BCUT2D eigenvalue weighted by atomic mass is 9.79. The van der Waals surface area contributed by atoms with E-state index in [-0.39, 0.29) is 23.8 Å². The summed E-state index contributed by atoms with van der Waals surface area (Å²) < 4.78 is 5.69. The first kappa shape index (κ1) is 29.1. The maximum absolute atomic E-state index is 14.1. The molecule has 4 aromatic rings. The van der Waals surface area contributed by atoms with Crippen LogP contribution in [0.3, 0.4) is 0 Å². The number of hydrogen-bond acceptors (Lipinski definition) is 3. The molecule has 2 amide bonds. The summed E-state index contributed by atoms with van der Waals surface area (Å²) in [5.41, 5.74) is 5.07. The predicted molar refractivity (Wildman–Crippen MR) is 168 cm³/mol. The molecule has 1 aliphatic rings. The van der Waals surface area contributed by atoms with Crippen molar-refractivity contribution in [2.24, 2.45) is 5.92 Å². The third-order valence-electron chi connectivity index (χ3n) is 7.91. The number of amides is 2. The van der Waals surface area contributed by atoms with Gasteiger partial charge in [-0.1, -0.05) is 115 Å². The van der Waals surface area contributed by atoms with Crippen molar-refractivity contribution in [3.05, 3.63) is 132 Å². The van der Waals surface area contributed by atoms with E-state index in [0.29, 0.717) is 26.1 Å². The number of carbonyl (C=O) groups is 2. The fourth-order valence-electron chi connectivity index (χ4n) is 5.82. The molecule has 1 fully saturated rings. The molecule has 5 heteroatoms. The summed E-state index contributed by atoms with van der Waals surface area (Å²) >= 11 is 0. The van der Waals surface area contributed by atoms with Crippen LogP contribution in [0, 0.1) is 5.92 Å². The largest absolute Gasteiger partial charge is 0.444 e. The standard InChI is InChI=1S/C37H40N2O3/c1-37(2,3)42-36(41)39-23-22-32(31-21-13-20-30(24-31)27-14-7-4-8-15-27)34(26-39)35(40)38-25-33(28-16-9-5-10-17-28)29-18-11-6-12-19-29/h4-21,24,32-34H,22-23,25-26H2,1-3H3,(H,38,40)/t32-,34+/m1/s1. The smallest absolute Gasteiger partial charge is 0.410 e. The monoisotopic (exact) mass is 560 g/mol. The summed E-state index contributed by atoms with van der Waals surface area (Å²) in [4.78, 5) is 28.8. The Morgan fingerprint density at radius 2 is 1.38 bits per heavy atom. The number of benzene rings is 4. The van der Waals surface area contributed by atoms with Crippen LogP contribution in [0.5, 0.6) is 0 Å². The number of nitrogens with one attached hydrogen (secondary N) is 1. The molecule has 1 N–H and O–H groups in total. The normalized spacial score (nSPS) is 17.1. The van der Waals surface area contributed by atoms with Crippen molar-refractivity contribution in [2.75, 3.05) is 19.6 Å². The maximum Gasteiger partial charge on any atom is 0.410 e. The highest BCUT2D eigenvalue weighted by molar-refractivity contribution is 5.81. The molecule has 0 saturated carbocycles. The molecule has 216 valence electrons. The Bertz CT molecular complexity index is 1430. The van der Waals surface area contributed by atoms with Crippen LogP contribution in [0.4, 0.5) is 4.79 Å². The fraction of sp³-hybridized carbons (Fsp3) is 0.297. The highest BCUT2D eigenvalue weighted by Gasteiger charge is 2.38. The first-order chi connectivity index (χ1) is 20.3. The molecule has 5 rings (SSSR count). The fourth-order valence-corrected chi connectivity index (χ4v) is 5.82. The Morgan fingerprint density at radius 1 is 0.810 bits per heavy atom. The average Bonchev–Trinajstić information content (AvgIpc) is 3.01. The van der Waals surface area contributed by atoms with E-state index in [1.807, 2.05) is 75.4 Å². The van der Waals surface area contributed by atoms with E-state index in [2.05, 4.69) is 66.0 Å². The summed E-state index contributed by atoms with van der Waals surface area (Å²) in [5, 5.41) is 3.29. The van der Waals surface area contributed by atoms with Gasteiger partial charge in [0.25, 0.3) is 0 Å². The SMILES string of the molecule is CC(C)(C)OC(=O)N1CC[C@H](c2cccc(-c3ccccc3)c2)[C@@H](C(=O)NCC(c2ccccc2)c2ccccc2)C1. The molecule has 1 aliphatic heterocycles. The maximum atomic E-state index is 14.1. The molecule has 0 unspecified atom stereocenters. The van der Waals surface area contributed by atoms with E-state index < -0.39 is 11.5 Å². The van der Waals surface area contributed by atoms with E-state index in [1.54, 1.807) is 4.90 Å². The lowest BCUT2D eigenvalue weighted by Gasteiger charge is -2.39. The van der Waals surface area contributed by atoms with Gasteiger partial charge in [-0.05, 0) is 60.9 Å². The first-order valence-electron chi connectivity index (χ1n) is 14.8. The van der Waals surface area contributed by atoms with Gasteiger partial charge < -0.3 is 15.0 Å². The van der Waals surface area contributed by atoms with Crippen LogP contribution in [0.25, 0.3) is 11.1 Å². The number of likely N-dealkylation sites (tertiary alicyclic amines) is 1. The van der Waals surface area contributed by atoms with Crippen molar-refractivity contribution in [1.29, 1.82) is 0 Å². The summed E-state index contributed by atoms with van der Waals surface area (Å²) in [7, 11) is 0. The topological polar surface area (TPSA) is 58.6 Å². The van der Waals surface area contributed by atoms with Gasteiger partial charge >= 0.3 is 6.09 Å². The minimum atomic E-state index is -0.603. The molecule has 0 radical (unpaired) electrons. The molecular weight excluding hydrogens is 520 g/mol. The molecule has 0 aromatic heterocycles. The second kappa shape index (κ2) is 13.1. The zero-order valence-corrected chi connectivity index (χ0v) is 24.7. The van der Waals surface area contributed by atoms with Crippen LogP contribution >= 0.6 is 0 Å². The molecule has 0 aliphatic carbocycles. The van der Waals surface area contributed by atoms with Crippen molar-refractivity contribution in [3.8, 4) is 11.1 Å². The molecule has 4 aromatic carbocycles. The second-order valence-corrected chi connectivity index (χ2v) is 12.0. The third-order valence-corrected chi connectivity index (χ3v) is 7.91. The Morgan fingerprint density at radius 3 is 1.98 bits per heavy atom. The Labute approximate surface area is 249 Å². The van der Waals surface area contributed by atoms with Crippen LogP contribution in [0.15, 0.2) is 115 Å². The highest BCUT2D eigenvalue weighted by Crippen LogP contribution is 2.36. The first-order valence-corrected chi connectivity index (χ1v) is 14.8. The molecule has 42 heavy (non-hydrogen) atoms. The van der Waals surface area contributed by atoms with E-state index in [9.17, 15) is 9.59 Å². The van der Waals surface area contributed by atoms with Crippen molar-refractivity contribution < 1.29 is 14.3 Å². The summed E-state index contributed by atoms with van der Waals surface area (Å²) in [6.45, 7) is 6.91. The Hall–Kier alpha value is -4.38. The molecular formula is C37H40N2O3. The summed E-state index contributed by atoms with van der Waals surface area (Å²) in [6.07, 6.45) is 0.305. The summed E-state index contributed by atoms with van der Waals surface area (Å²) in [5.74, 6) is -0.472. The van der Waals surface area contributed by atoms with Crippen LogP contribution < -0.4 is 5.32 Å². The van der Waals surface area contributed by atoms with Crippen molar-refractivity contribution >= 4 is 12.0 Å². The van der Waals surface area contributed by atoms with Crippen LogP contribution in [0.1, 0.15) is 55.7 Å². The van der Waals surface area contributed by atoms with Gasteiger partial charge in [0.1, 0.15) is 5.60 Å². The predicted octanol–water partition coefficient (Wildman–Crippen LogP) is 7.64. The van der Waals surface area contributed by atoms with Gasteiger partial charge in [-0.2, -0.15) is 0 Å². The molecule has 0 bridgehead atoms. The zero-order valence-electron chi connectivity index (χ0n) is 24.7. The van der Waals surface area contributed by atoms with Gasteiger partial charge in [0.15, 0.2) is 0 Å². The summed E-state index contributed by atoms with van der Waals surface area (Å²) in [6, 6.07) is 39.3. The minimum absolute atomic E-state index is 0.0155. The van der Waals surface area contributed by atoms with Crippen molar-refractivity contribution in [1.82, 2.24) is 10.2 Å². The van der Waals surface area contributed by atoms with E-state index in [4.69, 9.17) is 4.74 Å². The molecule has 5 nitrogen and oxygen atoms in total. The van der Waals surface area contributed by atoms with Gasteiger partial charge in [-0.25, -0.2) is 4.79 Å². The van der Waals surface area contributed by atoms with E-state index >= 15 is 0 Å². The quantitative estimate of drug-likeness (QED) is 0.253. The van der Waals surface area contributed by atoms with Crippen molar-refractivity contribution in [2.45, 2.75) is 44.6 Å². The van der Waals surface area contributed by atoms with Gasteiger partial charge in [0, 0.05) is 25.6 Å². The van der Waals surface area contributed by atoms with E-state index in [1.165, 1.54) is 0 Å².